The van der Waals surface area contributed by atoms with Gasteiger partial charge in [0, 0.05) is 9.37 Å². The number of ketones is 1. The minimum Gasteiger partial charge on any atom is -0.292 e. The first-order valence-corrected chi connectivity index (χ1v) is 7.78. The van der Waals surface area contributed by atoms with Crippen molar-refractivity contribution in [3.63, 3.8) is 0 Å². The summed E-state index contributed by atoms with van der Waals surface area (Å²) in [5, 5.41) is 1.97. The van der Waals surface area contributed by atoms with Crippen molar-refractivity contribution < 1.29 is 4.79 Å². The number of hydrogen-bond donors (Lipinski definition) is 0. The molecule has 0 N–H and O–H groups in total. The predicted molar refractivity (Wildman–Crippen MR) is 78.3 cm³/mol. The molecule has 2 rings (SSSR count). The number of carbonyl (C=O) groups excluding carboxylic acids is 1. The molecule has 0 radical (unpaired) electrons. The summed E-state index contributed by atoms with van der Waals surface area (Å²) >= 11 is 6.50. The van der Waals surface area contributed by atoms with Gasteiger partial charge in [-0.1, -0.05) is 15.9 Å². The average Bonchev–Trinajstić information content (AvgIpc) is 2.74. The summed E-state index contributed by atoms with van der Waals surface area (Å²) in [7, 11) is 0. The number of carbonyl (C=O) groups is 1. The minimum absolute atomic E-state index is 0.213. The van der Waals surface area contributed by atoms with E-state index >= 15 is 0 Å². The van der Waals surface area contributed by atoms with Gasteiger partial charge < -0.3 is 0 Å². The van der Waals surface area contributed by atoms with Crippen LogP contribution in [0.1, 0.15) is 15.2 Å². The summed E-state index contributed by atoms with van der Waals surface area (Å²) in [5.41, 5.74) is 1.08. The van der Waals surface area contributed by atoms with Gasteiger partial charge in [-0.15, -0.1) is 23.1 Å². The van der Waals surface area contributed by atoms with Gasteiger partial charge in [0.25, 0.3) is 0 Å². The molecule has 1 nitrogen and oxygen atoms in total. The number of halogens is 1. The van der Waals surface area contributed by atoms with Crippen molar-refractivity contribution in [3.8, 4) is 0 Å². The van der Waals surface area contributed by atoms with E-state index in [1.807, 2.05) is 42.6 Å². The predicted octanol–water partition coefficient (Wildman–Crippen LogP) is 4.79. The van der Waals surface area contributed by atoms with Crippen LogP contribution in [0.5, 0.6) is 0 Å². The lowest BCUT2D eigenvalue weighted by Gasteiger charge is -2.01. The molecule has 1 aromatic heterocycles. The monoisotopic (exact) mass is 326 g/mol. The highest BCUT2D eigenvalue weighted by atomic mass is 79.9. The van der Waals surface area contributed by atoms with Crippen LogP contribution >= 0.6 is 39.0 Å². The van der Waals surface area contributed by atoms with Gasteiger partial charge >= 0.3 is 0 Å². The fourth-order valence-electron chi connectivity index (χ4n) is 1.40. The van der Waals surface area contributed by atoms with Crippen molar-refractivity contribution in [1.29, 1.82) is 0 Å². The molecule has 17 heavy (non-hydrogen) atoms. The largest absolute Gasteiger partial charge is 0.292 e. The van der Waals surface area contributed by atoms with E-state index in [1.54, 1.807) is 11.8 Å². The normalized spacial score (nSPS) is 10.5. The molecule has 0 saturated heterocycles. The lowest BCUT2D eigenvalue weighted by molar-refractivity contribution is 0.102. The standard InChI is InChI=1S/C13H11BrOS2/c1-9-6-7-16-13(9)12(15)8-17-11-4-2-10(14)3-5-11/h2-7H,8H2,1H3. The van der Waals surface area contributed by atoms with Crippen molar-refractivity contribution >= 4 is 44.8 Å². The van der Waals surface area contributed by atoms with E-state index in [-0.39, 0.29) is 5.78 Å². The van der Waals surface area contributed by atoms with Crippen LogP contribution < -0.4 is 0 Å². The first kappa shape index (κ1) is 12.9. The smallest absolute Gasteiger partial charge is 0.183 e. The quantitative estimate of drug-likeness (QED) is 0.593. The lowest BCUT2D eigenvalue weighted by Crippen LogP contribution is -2.01. The Hall–Kier alpha value is -0.580. The highest BCUT2D eigenvalue weighted by Gasteiger charge is 2.10. The van der Waals surface area contributed by atoms with Crippen LogP contribution in [0, 0.1) is 6.92 Å². The van der Waals surface area contributed by atoms with Crippen molar-refractivity contribution in [3.05, 3.63) is 50.6 Å². The highest BCUT2D eigenvalue weighted by Crippen LogP contribution is 2.23. The Bertz CT molecular complexity index is 516. The van der Waals surface area contributed by atoms with E-state index in [0.29, 0.717) is 5.75 Å². The van der Waals surface area contributed by atoms with Crippen molar-refractivity contribution in [2.45, 2.75) is 11.8 Å². The van der Waals surface area contributed by atoms with Crippen molar-refractivity contribution in [1.82, 2.24) is 0 Å². The number of Topliss-reactive ketones (excluding diaryl/α,β-unsaturated/α-hetero) is 1. The summed E-state index contributed by atoms with van der Waals surface area (Å²) in [6.45, 7) is 1.98. The molecular formula is C13H11BrOS2. The van der Waals surface area contributed by atoms with Gasteiger partial charge in [0.05, 0.1) is 10.6 Å². The van der Waals surface area contributed by atoms with Gasteiger partial charge in [-0.3, -0.25) is 4.79 Å². The SMILES string of the molecule is Cc1ccsc1C(=O)CSc1ccc(Br)cc1. The van der Waals surface area contributed by atoms with Crippen LogP contribution in [-0.2, 0) is 0 Å². The van der Waals surface area contributed by atoms with Gasteiger partial charge in [-0.2, -0.15) is 0 Å². The van der Waals surface area contributed by atoms with Crippen molar-refractivity contribution in [2.24, 2.45) is 0 Å². The van der Waals surface area contributed by atoms with E-state index in [2.05, 4.69) is 15.9 Å². The molecule has 4 heteroatoms. The molecule has 0 bridgehead atoms. The Morgan fingerprint density at radius 3 is 2.59 bits per heavy atom. The van der Waals surface area contributed by atoms with Gasteiger partial charge in [-0.05, 0) is 48.2 Å². The molecule has 0 saturated carbocycles. The molecule has 0 aliphatic rings. The van der Waals surface area contributed by atoms with Gasteiger partial charge in [0.15, 0.2) is 5.78 Å². The molecule has 1 heterocycles. The zero-order valence-electron chi connectivity index (χ0n) is 9.27. The van der Waals surface area contributed by atoms with Gasteiger partial charge in [0.2, 0.25) is 0 Å². The Labute approximate surface area is 117 Å². The van der Waals surface area contributed by atoms with Crippen LogP contribution in [0.3, 0.4) is 0 Å². The van der Waals surface area contributed by atoms with E-state index in [0.717, 1.165) is 19.8 Å². The van der Waals surface area contributed by atoms with E-state index in [1.165, 1.54) is 11.3 Å². The van der Waals surface area contributed by atoms with Crippen LogP contribution in [0.4, 0.5) is 0 Å². The molecule has 0 aliphatic carbocycles. The molecule has 0 fully saturated rings. The molecule has 0 amide bonds. The van der Waals surface area contributed by atoms with Crippen LogP contribution in [0.25, 0.3) is 0 Å². The molecule has 88 valence electrons. The van der Waals surface area contributed by atoms with Crippen LogP contribution in [0.15, 0.2) is 45.1 Å². The van der Waals surface area contributed by atoms with Gasteiger partial charge in [-0.25, -0.2) is 0 Å². The summed E-state index contributed by atoms with van der Waals surface area (Å²) in [6, 6.07) is 10.0. The van der Waals surface area contributed by atoms with E-state index in [9.17, 15) is 4.79 Å². The number of rotatable bonds is 4. The molecular weight excluding hydrogens is 316 g/mol. The molecule has 0 aliphatic heterocycles. The number of hydrogen-bond acceptors (Lipinski definition) is 3. The first-order valence-electron chi connectivity index (χ1n) is 5.12. The second kappa shape index (κ2) is 5.85. The maximum Gasteiger partial charge on any atom is 0.183 e. The summed E-state index contributed by atoms with van der Waals surface area (Å²) in [4.78, 5) is 14.0. The molecule has 1 aromatic carbocycles. The fraction of sp³-hybridized carbons (Fsp3) is 0.154. The first-order chi connectivity index (χ1) is 8.16. The minimum atomic E-state index is 0.213. The fourth-order valence-corrected chi connectivity index (χ4v) is 3.40. The molecule has 0 unspecified atom stereocenters. The molecule has 0 atom stereocenters. The van der Waals surface area contributed by atoms with E-state index < -0.39 is 0 Å². The molecule has 2 aromatic rings. The third-order valence-electron chi connectivity index (χ3n) is 2.30. The highest BCUT2D eigenvalue weighted by molar-refractivity contribution is 9.10. The maximum atomic E-state index is 11.9. The zero-order valence-corrected chi connectivity index (χ0v) is 12.5. The third kappa shape index (κ3) is 3.44. The van der Waals surface area contributed by atoms with Gasteiger partial charge in [0.1, 0.15) is 0 Å². The Morgan fingerprint density at radius 1 is 1.29 bits per heavy atom. The van der Waals surface area contributed by atoms with E-state index in [4.69, 9.17) is 0 Å². The Morgan fingerprint density at radius 2 is 2.00 bits per heavy atom. The maximum absolute atomic E-state index is 11.9. The third-order valence-corrected chi connectivity index (χ3v) is 4.90. The topological polar surface area (TPSA) is 17.1 Å². The average molecular weight is 327 g/mol. The zero-order chi connectivity index (χ0) is 12.3. The lowest BCUT2D eigenvalue weighted by atomic mass is 10.2. The number of benzene rings is 1. The van der Waals surface area contributed by atoms with Crippen LogP contribution in [-0.4, -0.2) is 11.5 Å². The number of aryl methyl sites for hydroxylation is 1. The Balaban J connectivity index is 1.97. The molecule has 0 spiro atoms. The second-order valence-electron chi connectivity index (χ2n) is 3.60. The number of thioether (sulfide) groups is 1. The summed E-state index contributed by atoms with van der Waals surface area (Å²) in [6.07, 6.45) is 0. The summed E-state index contributed by atoms with van der Waals surface area (Å²) in [5.74, 6) is 0.716. The number of thiophene rings is 1. The van der Waals surface area contributed by atoms with Crippen molar-refractivity contribution in [2.75, 3.05) is 5.75 Å². The van der Waals surface area contributed by atoms with Crippen LogP contribution in [0.2, 0.25) is 0 Å². The summed E-state index contributed by atoms with van der Waals surface area (Å²) < 4.78 is 1.06. The second-order valence-corrected chi connectivity index (χ2v) is 6.48. The Kier molecular flexibility index (Phi) is 4.42.